The van der Waals surface area contributed by atoms with Crippen LogP contribution < -0.4 is 11.2 Å². The number of benzene rings is 1. The van der Waals surface area contributed by atoms with Gasteiger partial charge in [-0.05, 0) is 41.5 Å². The molecule has 0 radical (unpaired) electrons. The normalized spacial score (nSPS) is 12.1. The lowest BCUT2D eigenvalue weighted by Gasteiger charge is -2.22. The van der Waals surface area contributed by atoms with Crippen molar-refractivity contribution in [1.29, 1.82) is 0 Å². The SMILES string of the molecule is Cc1cc(C(C)(C)C)cc(C)c1Cn1cnc2c1c(=O)n(C)c(=O)n2C. The van der Waals surface area contributed by atoms with Crippen molar-refractivity contribution in [1.82, 2.24) is 18.7 Å². The van der Waals surface area contributed by atoms with E-state index in [0.717, 1.165) is 4.57 Å². The van der Waals surface area contributed by atoms with Gasteiger partial charge in [0.2, 0.25) is 0 Å². The quantitative estimate of drug-likeness (QED) is 0.710. The Balaban J connectivity index is 2.17. The lowest BCUT2D eigenvalue weighted by atomic mass is 9.84. The molecule has 0 unspecified atom stereocenters. The molecule has 0 aliphatic carbocycles. The average Bonchev–Trinajstić information content (AvgIpc) is 2.97. The third-order valence-corrected chi connectivity index (χ3v) is 5.11. The van der Waals surface area contributed by atoms with E-state index in [1.165, 1.54) is 33.9 Å². The van der Waals surface area contributed by atoms with E-state index in [4.69, 9.17) is 0 Å². The molecule has 2 heterocycles. The van der Waals surface area contributed by atoms with Crippen molar-refractivity contribution in [2.24, 2.45) is 14.1 Å². The third kappa shape index (κ3) is 2.79. The number of aromatic nitrogens is 4. The van der Waals surface area contributed by atoms with Crippen LogP contribution in [0.4, 0.5) is 0 Å². The van der Waals surface area contributed by atoms with Crippen LogP contribution >= 0.6 is 0 Å². The van der Waals surface area contributed by atoms with E-state index < -0.39 is 0 Å². The second kappa shape index (κ2) is 5.97. The fourth-order valence-corrected chi connectivity index (χ4v) is 3.36. The number of rotatable bonds is 2. The van der Waals surface area contributed by atoms with E-state index in [1.54, 1.807) is 13.4 Å². The Morgan fingerprint density at radius 3 is 2.12 bits per heavy atom. The molecule has 3 aromatic rings. The summed E-state index contributed by atoms with van der Waals surface area (Å²) in [5.41, 5.74) is 5.13. The lowest BCUT2D eigenvalue weighted by molar-refractivity contribution is 0.588. The number of aryl methyl sites for hydroxylation is 3. The number of hydrogen-bond donors (Lipinski definition) is 0. The summed E-state index contributed by atoms with van der Waals surface area (Å²) in [4.78, 5) is 29.0. The number of imidazole rings is 1. The van der Waals surface area contributed by atoms with Gasteiger partial charge in [0.1, 0.15) is 0 Å². The van der Waals surface area contributed by atoms with E-state index in [-0.39, 0.29) is 16.7 Å². The van der Waals surface area contributed by atoms with Gasteiger partial charge in [0, 0.05) is 20.6 Å². The molecule has 138 valence electrons. The van der Waals surface area contributed by atoms with Crippen molar-refractivity contribution >= 4 is 11.2 Å². The van der Waals surface area contributed by atoms with Crippen molar-refractivity contribution in [2.45, 2.75) is 46.6 Å². The molecular weight excluding hydrogens is 328 g/mol. The van der Waals surface area contributed by atoms with Crippen LogP contribution in [0.2, 0.25) is 0 Å². The molecule has 0 aliphatic heterocycles. The van der Waals surface area contributed by atoms with Crippen molar-refractivity contribution in [2.75, 3.05) is 0 Å². The van der Waals surface area contributed by atoms with Gasteiger partial charge in [-0.1, -0.05) is 32.9 Å². The van der Waals surface area contributed by atoms with Gasteiger partial charge in [0.25, 0.3) is 5.56 Å². The highest BCUT2D eigenvalue weighted by molar-refractivity contribution is 5.70. The highest BCUT2D eigenvalue weighted by atomic mass is 16.2. The number of nitrogens with zero attached hydrogens (tertiary/aromatic N) is 4. The van der Waals surface area contributed by atoms with Gasteiger partial charge < -0.3 is 4.57 Å². The molecule has 0 N–H and O–H groups in total. The van der Waals surface area contributed by atoms with E-state index >= 15 is 0 Å². The van der Waals surface area contributed by atoms with Gasteiger partial charge in [-0.2, -0.15) is 0 Å². The molecule has 1 aromatic carbocycles. The summed E-state index contributed by atoms with van der Waals surface area (Å²) in [6, 6.07) is 4.44. The Labute approximate surface area is 152 Å². The monoisotopic (exact) mass is 354 g/mol. The standard InChI is InChI=1S/C20H26N4O2/c1-12-8-14(20(3,4)5)9-13(2)15(12)10-24-11-21-17-16(24)18(25)23(7)19(26)22(17)6/h8-9,11H,10H2,1-7H3. The first-order chi connectivity index (χ1) is 12.0. The smallest absolute Gasteiger partial charge is 0.320 e. The third-order valence-electron chi connectivity index (χ3n) is 5.11. The lowest BCUT2D eigenvalue weighted by Crippen LogP contribution is -2.37. The van der Waals surface area contributed by atoms with Gasteiger partial charge in [0.15, 0.2) is 11.2 Å². The molecule has 0 saturated heterocycles. The first-order valence-electron chi connectivity index (χ1n) is 8.74. The summed E-state index contributed by atoms with van der Waals surface area (Å²) in [5.74, 6) is 0. The predicted molar refractivity (Wildman–Crippen MR) is 104 cm³/mol. The maximum absolute atomic E-state index is 12.6. The van der Waals surface area contributed by atoms with Gasteiger partial charge in [-0.25, -0.2) is 9.78 Å². The van der Waals surface area contributed by atoms with Crippen molar-refractivity contribution in [3.8, 4) is 0 Å². The van der Waals surface area contributed by atoms with Gasteiger partial charge in [-0.3, -0.25) is 13.9 Å². The summed E-state index contributed by atoms with van der Waals surface area (Å²) < 4.78 is 4.38. The van der Waals surface area contributed by atoms with Gasteiger partial charge >= 0.3 is 5.69 Å². The van der Waals surface area contributed by atoms with Gasteiger partial charge in [0.05, 0.1) is 6.33 Å². The highest BCUT2D eigenvalue weighted by Crippen LogP contribution is 2.27. The second-order valence-corrected chi connectivity index (χ2v) is 8.09. The molecule has 6 nitrogen and oxygen atoms in total. The first-order valence-corrected chi connectivity index (χ1v) is 8.74. The largest absolute Gasteiger partial charge is 0.332 e. The fourth-order valence-electron chi connectivity index (χ4n) is 3.36. The molecule has 0 amide bonds. The predicted octanol–water partition coefficient (Wildman–Crippen LogP) is 2.40. The molecule has 0 bridgehead atoms. The summed E-state index contributed by atoms with van der Waals surface area (Å²) in [6.07, 6.45) is 1.64. The minimum absolute atomic E-state index is 0.0873. The molecule has 0 saturated carbocycles. The zero-order chi connectivity index (χ0) is 19.4. The summed E-state index contributed by atoms with van der Waals surface area (Å²) >= 11 is 0. The van der Waals surface area contributed by atoms with Crippen LogP contribution in [-0.4, -0.2) is 18.7 Å². The van der Waals surface area contributed by atoms with Crippen LogP contribution in [0.1, 0.15) is 43.0 Å². The van der Waals surface area contributed by atoms with E-state index in [0.29, 0.717) is 17.7 Å². The molecule has 6 heteroatoms. The maximum Gasteiger partial charge on any atom is 0.332 e. The average molecular weight is 354 g/mol. The van der Waals surface area contributed by atoms with Crippen molar-refractivity contribution in [3.63, 3.8) is 0 Å². The molecule has 2 aromatic heterocycles. The molecule has 0 fully saturated rings. The molecule has 0 spiro atoms. The van der Waals surface area contributed by atoms with Crippen molar-refractivity contribution in [3.05, 3.63) is 61.6 Å². The van der Waals surface area contributed by atoms with E-state index in [2.05, 4.69) is 51.7 Å². The molecule has 0 aliphatic rings. The van der Waals surface area contributed by atoms with E-state index in [1.807, 2.05) is 4.57 Å². The van der Waals surface area contributed by atoms with Crippen LogP contribution in [0.3, 0.4) is 0 Å². The molecule has 26 heavy (non-hydrogen) atoms. The fraction of sp³-hybridized carbons (Fsp3) is 0.450. The van der Waals surface area contributed by atoms with Gasteiger partial charge in [-0.15, -0.1) is 0 Å². The minimum atomic E-state index is -0.366. The molecule has 3 rings (SSSR count). The first kappa shape index (κ1) is 18.2. The van der Waals surface area contributed by atoms with E-state index in [9.17, 15) is 9.59 Å². The Kier molecular flexibility index (Phi) is 4.17. The topological polar surface area (TPSA) is 61.8 Å². The van der Waals surface area contributed by atoms with Crippen LogP contribution in [-0.2, 0) is 26.1 Å². The van der Waals surface area contributed by atoms with Crippen LogP contribution in [0.15, 0.2) is 28.0 Å². The molecular formula is C20H26N4O2. The Hall–Kier alpha value is -2.63. The van der Waals surface area contributed by atoms with Crippen LogP contribution in [0, 0.1) is 13.8 Å². The summed E-state index contributed by atoms with van der Waals surface area (Å²) in [6.45, 7) is 11.4. The second-order valence-electron chi connectivity index (χ2n) is 8.09. The zero-order valence-electron chi connectivity index (χ0n) is 16.5. The Bertz CT molecular complexity index is 1100. The zero-order valence-corrected chi connectivity index (χ0v) is 16.5. The number of fused-ring (bicyclic) bond motifs is 1. The van der Waals surface area contributed by atoms with Crippen LogP contribution in [0.25, 0.3) is 11.2 Å². The van der Waals surface area contributed by atoms with Crippen molar-refractivity contribution < 1.29 is 0 Å². The Morgan fingerprint density at radius 2 is 1.58 bits per heavy atom. The maximum atomic E-state index is 12.6. The minimum Gasteiger partial charge on any atom is -0.320 e. The highest BCUT2D eigenvalue weighted by Gasteiger charge is 2.18. The number of hydrogen-bond acceptors (Lipinski definition) is 3. The Morgan fingerprint density at radius 1 is 1.00 bits per heavy atom. The summed E-state index contributed by atoms with van der Waals surface area (Å²) in [7, 11) is 3.13. The summed E-state index contributed by atoms with van der Waals surface area (Å²) in [5, 5.41) is 0. The molecule has 0 atom stereocenters. The van der Waals surface area contributed by atoms with Crippen LogP contribution in [0.5, 0.6) is 0 Å².